The van der Waals surface area contributed by atoms with E-state index in [1.807, 2.05) is 48.5 Å². The molecule has 0 saturated carbocycles. The number of para-hydroxylation sites is 1. The largest absolute Gasteiger partial charge is 0.426 e. The van der Waals surface area contributed by atoms with E-state index in [4.69, 9.17) is 4.74 Å². The van der Waals surface area contributed by atoms with Crippen LogP contribution >= 0.6 is 11.8 Å². The third-order valence-electron chi connectivity index (χ3n) is 5.81. The monoisotopic (exact) mass is 570 g/mol. The fourth-order valence-electron chi connectivity index (χ4n) is 3.92. The fourth-order valence-corrected chi connectivity index (χ4v) is 4.72. The zero-order valence-electron chi connectivity index (χ0n) is 21.3. The van der Waals surface area contributed by atoms with Crippen LogP contribution in [0.4, 0.5) is 4.79 Å². The number of imide groups is 1. The molecule has 2 heterocycles. The van der Waals surface area contributed by atoms with Gasteiger partial charge in [0.05, 0.1) is 18.3 Å². The van der Waals surface area contributed by atoms with Crippen molar-refractivity contribution in [3.63, 3.8) is 0 Å². The van der Waals surface area contributed by atoms with Crippen LogP contribution in [0.1, 0.15) is 12.0 Å². The molecule has 0 spiro atoms. The third-order valence-corrected chi connectivity index (χ3v) is 6.79. The number of esters is 1. The molecule has 0 radical (unpaired) electrons. The van der Waals surface area contributed by atoms with Gasteiger partial charge in [-0.05, 0) is 42.0 Å². The predicted molar refractivity (Wildman–Crippen MR) is 151 cm³/mol. The summed E-state index contributed by atoms with van der Waals surface area (Å²) in [4.78, 5) is 60.7. The fraction of sp³-hybridized carbons (Fsp3) is 0.107. The van der Waals surface area contributed by atoms with Crippen molar-refractivity contribution >= 4 is 41.0 Å². The molecule has 1 fully saturated rings. The van der Waals surface area contributed by atoms with Crippen molar-refractivity contribution in [3.05, 3.63) is 101 Å². The number of benzene rings is 3. The van der Waals surface area contributed by atoms with Crippen molar-refractivity contribution in [2.45, 2.75) is 18.2 Å². The van der Waals surface area contributed by atoms with E-state index in [9.17, 15) is 24.0 Å². The SMILES string of the molecule is O=C(Cn1nc(-c2ccccc2)n(-c2ccccc2)c1=O)N/N=C\c1ccc(OC(=O)C[C@H]2SC(=O)NC2=O)cc1. The summed E-state index contributed by atoms with van der Waals surface area (Å²) in [7, 11) is 0. The maximum absolute atomic E-state index is 13.2. The third kappa shape index (κ3) is 6.65. The second-order valence-corrected chi connectivity index (χ2v) is 9.90. The highest BCUT2D eigenvalue weighted by Gasteiger charge is 2.33. The van der Waals surface area contributed by atoms with Gasteiger partial charge in [-0.2, -0.15) is 5.10 Å². The van der Waals surface area contributed by atoms with E-state index < -0.39 is 34.0 Å². The van der Waals surface area contributed by atoms with Gasteiger partial charge in [-0.1, -0.05) is 60.3 Å². The number of nitrogens with zero attached hydrogens (tertiary/aromatic N) is 4. The number of hydrogen-bond donors (Lipinski definition) is 2. The number of amides is 3. The predicted octanol–water partition coefficient (Wildman–Crippen LogP) is 2.50. The van der Waals surface area contributed by atoms with Gasteiger partial charge in [-0.3, -0.25) is 24.5 Å². The number of nitrogens with one attached hydrogen (secondary N) is 2. The molecule has 1 aliphatic heterocycles. The summed E-state index contributed by atoms with van der Waals surface area (Å²) < 4.78 is 7.73. The molecule has 1 aromatic heterocycles. The molecule has 1 atom stereocenters. The van der Waals surface area contributed by atoms with E-state index in [0.29, 0.717) is 17.1 Å². The van der Waals surface area contributed by atoms with Gasteiger partial charge in [0.1, 0.15) is 17.5 Å². The van der Waals surface area contributed by atoms with Crippen LogP contribution in [0.5, 0.6) is 5.75 Å². The Hall–Kier alpha value is -5.30. The topological polar surface area (TPSA) is 154 Å². The van der Waals surface area contributed by atoms with Crippen LogP contribution in [0.2, 0.25) is 0 Å². The Balaban J connectivity index is 1.20. The zero-order valence-corrected chi connectivity index (χ0v) is 22.1. The molecule has 206 valence electrons. The van der Waals surface area contributed by atoms with Crippen LogP contribution in [-0.2, 0) is 20.9 Å². The summed E-state index contributed by atoms with van der Waals surface area (Å²) in [5.41, 5.74) is 3.84. The Morgan fingerprint density at radius 1 is 0.976 bits per heavy atom. The zero-order chi connectivity index (χ0) is 28.8. The van der Waals surface area contributed by atoms with Crippen molar-refractivity contribution in [3.8, 4) is 22.8 Å². The van der Waals surface area contributed by atoms with Gasteiger partial charge in [0.25, 0.3) is 11.1 Å². The minimum absolute atomic E-state index is 0.239. The number of thioether (sulfide) groups is 1. The Labute approximate surface area is 237 Å². The Kier molecular flexibility index (Phi) is 8.15. The van der Waals surface area contributed by atoms with Crippen LogP contribution in [0.3, 0.4) is 0 Å². The highest BCUT2D eigenvalue weighted by atomic mass is 32.2. The van der Waals surface area contributed by atoms with Gasteiger partial charge in [0.15, 0.2) is 5.82 Å². The summed E-state index contributed by atoms with van der Waals surface area (Å²) in [6.07, 6.45) is 1.15. The summed E-state index contributed by atoms with van der Waals surface area (Å²) in [6.45, 7) is -0.354. The lowest BCUT2D eigenvalue weighted by atomic mass is 10.2. The average molecular weight is 571 g/mol. The van der Waals surface area contributed by atoms with Crippen LogP contribution < -0.4 is 21.2 Å². The van der Waals surface area contributed by atoms with E-state index in [2.05, 4.69) is 20.9 Å². The molecule has 1 aliphatic rings. The summed E-state index contributed by atoms with van der Waals surface area (Å²) in [5, 5.41) is 9.15. The van der Waals surface area contributed by atoms with Crippen LogP contribution in [0.15, 0.2) is 94.8 Å². The van der Waals surface area contributed by atoms with Gasteiger partial charge in [0, 0.05) is 5.56 Å². The molecule has 3 amide bonds. The van der Waals surface area contributed by atoms with Gasteiger partial charge >= 0.3 is 11.7 Å². The van der Waals surface area contributed by atoms with E-state index in [1.54, 1.807) is 24.3 Å². The number of hydrazone groups is 1. The second-order valence-electron chi connectivity index (χ2n) is 8.72. The van der Waals surface area contributed by atoms with E-state index in [1.165, 1.54) is 22.9 Å². The van der Waals surface area contributed by atoms with Crippen LogP contribution in [-0.4, -0.2) is 48.8 Å². The number of carbonyl (C=O) groups is 4. The van der Waals surface area contributed by atoms with Gasteiger partial charge in [0.2, 0.25) is 5.91 Å². The Bertz CT molecular complexity index is 1680. The lowest BCUT2D eigenvalue weighted by Crippen LogP contribution is -2.31. The molecule has 0 bridgehead atoms. The van der Waals surface area contributed by atoms with Gasteiger partial charge in [-0.15, -0.1) is 5.10 Å². The maximum atomic E-state index is 13.2. The number of aromatic nitrogens is 3. The first-order valence-electron chi connectivity index (χ1n) is 12.3. The summed E-state index contributed by atoms with van der Waals surface area (Å²) in [6, 6.07) is 24.5. The van der Waals surface area contributed by atoms with E-state index in [0.717, 1.165) is 22.0 Å². The Morgan fingerprint density at radius 2 is 1.66 bits per heavy atom. The highest BCUT2D eigenvalue weighted by Crippen LogP contribution is 2.23. The summed E-state index contributed by atoms with van der Waals surface area (Å²) in [5.74, 6) is -1.08. The minimum atomic E-state index is -0.807. The Morgan fingerprint density at radius 3 is 2.32 bits per heavy atom. The molecule has 13 heteroatoms. The standard InChI is InChI=1S/C28H22N6O6S/c35-23(17-33-28(39)34(20-9-5-2-6-10-20)25(32-33)19-7-3-1-4-8-19)31-29-16-18-11-13-21(14-12-18)40-24(36)15-22-26(37)30-27(38)41-22/h1-14,16,22H,15,17H2,(H,31,35)(H,30,37,38)/b29-16-/t22-/m1/s1. The first kappa shape index (κ1) is 27.3. The van der Waals surface area contributed by atoms with Gasteiger partial charge < -0.3 is 4.74 Å². The molecule has 3 aromatic carbocycles. The lowest BCUT2D eigenvalue weighted by molar-refractivity contribution is -0.135. The van der Waals surface area contributed by atoms with Crippen molar-refractivity contribution in [1.82, 2.24) is 25.1 Å². The summed E-state index contributed by atoms with van der Waals surface area (Å²) >= 11 is 0.751. The molecule has 5 rings (SSSR count). The minimum Gasteiger partial charge on any atom is -0.426 e. The van der Waals surface area contributed by atoms with E-state index in [-0.39, 0.29) is 18.7 Å². The molecule has 12 nitrogen and oxygen atoms in total. The molecule has 0 unspecified atom stereocenters. The molecule has 41 heavy (non-hydrogen) atoms. The van der Waals surface area contributed by atoms with Crippen molar-refractivity contribution in [1.29, 1.82) is 0 Å². The molecular weight excluding hydrogens is 548 g/mol. The first-order chi connectivity index (χ1) is 19.9. The molecule has 1 saturated heterocycles. The number of hydrogen-bond acceptors (Lipinski definition) is 9. The van der Waals surface area contributed by atoms with Crippen molar-refractivity contribution < 1.29 is 23.9 Å². The van der Waals surface area contributed by atoms with Crippen molar-refractivity contribution in [2.24, 2.45) is 5.10 Å². The molecule has 0 aliphatic carbocycles. The number of ether oxygens (including phenoxy) is 1. The molecule has 2 N–H and O–H groups in total. The molecule has 4 aromatic rings. The van der Waals surface area contributed by atoms with Crippen LogP contribution in [0.25, 0.3) is 17.1 Å². The van der Waals surface area contributed by atoms with E-state index >= 15 is 0 Å². The van der Waals surface area contributed by atoms with Crippen LogP contribution in [0, 0.1) is 0 Å². The first-order valence-corrected chi connectivity index (χ1v) is 13.2. The van der Waals surface area contributed by atoms with Crippen molar-refractivity contribution in [2.75, 3.05) is 0 Å². The number of carbonyl (C=O) groups excluding carboxylic acids is 4. The smallest absolute Gasteiger partial charge is 0.351 e. The lowest BCUT2D eigenvalue weighted by Gasteiger charge is -2.06. The number of rotatable bonds is 9. The second kappa shape index (κ2) is 12.3. The quantitative estimate of drug-likeness (QED) is 0.135. The highest BCUT2D eigenvalue weighted by molar-refractivity contribution is 8.15. The maximum Gasteiger partial charge on any atom is 0.351 e. The normalized spacial score (nSPS) is 14.7. The average Bonchev–Trinajstić information content (AvgIpc) is 3.47. The van der Waals surface area contributed by atoms with Gasteiger partial charge in [-0.25, -0.2) is 19.5 Å². The molecular formula is C28H22N6O6S.